The summed E-state index contributed by atoms with van der Waals surface area (Å²) >= 11 is 0. The molecule has 0 amide bonds. The topological polar surface area (TPSA) is 16.4 Å². The summed E-state index contributed by atoms with van der Waals surface area (Å²) in [4.78, 5) is 2.39. The summed E-state index contributed by atoms with van der Waals surface area (Å²) in [6.07, 6.45) is 0. The highest BCUT2D eigenvalue weighted by atomic mass is 16.3. The van der Waals surface area contributed by atoms with Gasteiger partial charge >= 0.3 is 0 Å². The van der Waals surface area contributed by atoms with Crippen molar-refractivity contribution in [2.24, 2.45) is 0 Å². The number of rotatable bonds is 6. The van der Waals surface area contributed by atoms with E-state index in [4.69, 9.17) is 4.42 Å². The fraction of sp³-hybridized carbons (Fsp3) is 0.0508. The van der Waals surface area contributed by atoms with Gasteiger partial charge in [-0.3, -0.25) is 0 Å². The Morgan fingerprint density at radius 2 is 0.852 bits per heavy atom. The Morgan fingerprint density at radius 1 is 0.344 bits per heavy atom. The Kier molecular flexibility index (Phi) is 7.92. The molecule has 0 spiro atoms. The minimum Gasteiger partial charge on any atom is -0.455 e. The number of hydrogen-bond donors (Lipinski definition) is 0. The van der Waals surface area contributed by atoms with Crippen molar-refractivity contribution < 1.29 is 4.42 Å². The van der Waals surface area contributed by atoms with Crippen molar-refractivity contribution in [2.75, 3.05) is 4.90 Å². The van der Waals surface area contributed by atoms with Crippen LogP contribution in [0, 0.1) is 0 Å². The number of fused-ring (bicyclic) bond motifs is 11. The van der Waals surface area contributed by atoms with Gasteiger partial charge in [-0.05, 0) is 120 Å². The molecule has 1 aromatic heterocycles. The van der Waals surface area contributed by atoms with Gasteiger partial charge in [-0.15, -0.1) is 0 Å². The van der Waals surface area contributed by atoms with Gasteiger partial charge in [0, 0.05) is 38.6 Å². The molecular formula is C59H41NO. The molecule has 12 rings (SSSR count). The van der Waals surface area contributed by atoms with Crippen LogP contribution in [0.3, 0.4) is 0 Å². The van der Waals surface area contributed by atoms with Crippen LogP contribution in [0.2, 0.25) is 0 Å². The van der Waals surface area contributed by atoms with E-state index in [-0.39, 0.29) is 5.41 Å². The molecule has 61 heavy (non-hydrogen) atoms. The zero-order valence-corrected chi connectivity index (χ0v) is 34.1. The summed E-state index contributed by atoms with van der Waals surface area (Å²) in [5.41, 5.74) is 17.4. The first kappa shape index (κ1) is 35.3. The smallest absolute Gasteiger partial charge is 0.143 e. The van der Waals surface area contributed by atoms with E-state index in [1.807, 2.05) is 0 Å². The Hall–Kier alpha value is -7.68. The Morgan fingerprint density at radius 3 is 1.54 bits per heavy atom. The monoisotopic (exact) mass is 779 g/mol. The normalized spacial score (nSPS) is 12.9. The van der Waals surface area contributed by atoms with Crippen LogP contribution >= 0.6 is 0 Å². The lowest BCUT2D eigenvalue weighted by Crippen LogP contribution is -2.16. The average Bonchev–Trinajstić information content (AvgIpc) is 3.82. The van der Waals surface area contributed by atoms with Gasteiger partial charge in [-0.1, -0.05) is 178 Å². The second kappa shape index (κ2) is 13.7. The van der Waals surface area contributed by atoms with Crippen LogP contribution in [0.15, 0.2) is 217 Å². The molecule has 0 saturated carbocycles. The summed E-state index contributed by atoms with van der Waals surface area (Å²) in [6, 6.07) is 77.2. The number of nitrogens with zero attached hydrogens (tertiary/aromatic N) is 1. The maximum atomic E-state index is 6.99. The predicted octanol–water partition coefficient (Wildman–Crippen LogP) is 16.7. The van der Waals surface area contributed by atoms with Gasteiger partial charge in [0.1, 0.15) is 11.2 Å². The Labute approximate surface area is 355 Å². The van der Waals surface area contributed by atoms with Crippen LogP contribution in [-0.4, -0.2) is 0 Å². The van der Waals surface area contributed by atoms with Crippen LogP contribution in [0.4, 0.5) is 17.1 Å². The first-order valence-corrected chi connectivity index (χ1v) is 21.2. The lowest BCUT2D eigenvalue weighted by molar-refractivity contribution is 0.660. The molecule has 0 aliphatic heterocycles. The summed E-state index contributed by atoms with van der Waals surface area (Å²) < 4.78 is 6.99. The van der Waals surface area contributed by atoms with Crippen molar-refractivity contribution >= 4 is 60.5 Å². The molecule has 0 radical (unpaired) electrons. The first-order valence-electron chi connectivity index (χ1n) is 21.2. The maximum Gasteiger partial charge on any atom is 0.143 e. The summed E-state index contributed by atoms with van der Waals surface area (Å²) in [5, 5.41) is 7.10. The van der Waals surface area contributed by atoms with Crippen molar-refractivity contribution in [3.63, 3.8) is 0 Å². The molecule has 10 aromatic carbocycles. The lowest BCUT2D eigenvalue weighted by atomic mass is 9.82. The summed E-state index contributed by atoms with van der Waals surface area (Å²) in [7, 11) is 0. The number of anilines is 3. The third-order valence-corrected chi connectivity index (χ3v) is 13.1. The van der Waals surface area contributed by atoms with Gasteiger partial charge < -0.3 is 9.32 Å². The van der Waals surface area contributed by atoms with Crippen LogP contribution in [0.1, 0.15) is 25.0 Å². The molecule has 2 nitrogen and oxygen atoms in total. The molecule has 11 aromatic rings. The molecule has 0 N–H and O–H groups in total. The van der Waals surface area contributed by atoms with Gasteiger partial charge in [-0.2, -0.15) is 0 Å². The van der Waals surface area contributed by atoms with Crippen molar-refractivity contribution in [2.45, 2.75) is 19.3 Å². The lowest BCUT2D eigenvalue weighted by Gasteiger charge is -2.28. The third kappa shape index (κ3) is 5.56. The van der Waals surface area contributed by atoms with Gasteiger partial charge in [0.05, 0.1) is 0 Å². The second-order valence-corrected chi connectivity index (χ2v) is 16.9. The standard InChI is InChI=1S/C59H41NO/c1-59(2)53-24-14-13-21-48(53)49-34-33-45(37-54(49)59)60(43-29-25-39(26-30-43)38-15-5-3-6-16-38)44-31-27-40(28-32-44)42-35-52(41-17-7-4-8-18-41)56-55(36-42)61-58-51-23-12-10-20-47(51)46-19-9-11-22-50(46)57(56)58/h3-37H,1-2H3. The molecule has 0 atom stereocenters. The maximum absolute atomic E-state index is 6.99. The van der Waals surface area contributed by atoms with E-state index in [2.05, 4.69) is 231 Å². The summed E-state index contributed by atoms with van der Waals surface area (Å²) in [6.45, 7) is 4.70. The van der Waals surface area contributed by atoms with E-state index < -0.39 is 0 Å². The largest absolute Gasteiger partial charge is 0.455 e. The third-order valence-electron chi connectivity index (χ3n) is 13.1. The highest BCUT2D eigenvalue weighted by molar-refractivity contribution is 6.32. The molecule has 2 heteroatoms. The molecule has 288 valence electrons. The van der Waals surface area contributed by atoms with Crippen LogP contribution in [0.25, 0.3) is 88.0 Å². The van der Waals surface area contributed by atoms with Crippen molar-refractivity contribution in [1.29, 1.82) is 0 Å². The average molecular weight is 780 g/mol. The van der Waals surface area contributed by atoms with Crippen LogP contribution < -0.4 is 4.90 Å². The number of hydrogen-bond acceptors (Lipinski definition) is 2. The predicted molar refractivity (Wildman–Crippen MR) is 257 cm³/mol. The number of benzene rings is 10. The van der Waals surface area contributed by atoms with Crippen molar-refractivity contribution in [1.82, 2.24) is 0 Å². The minimum atomic E-state index is -0.112. The Balaban J connectivity index is 1.02. The molecule has 1 aliphatic carbocycles. The van der Waals surface area contributed by atoms with E-state index in [1.54, 1.807) is 0 Å². The zero-order valence-electron chi connectivity index (χ0n) is 34.1. The van der Waals surface area contributed by atoms with E-state index in [0.29, 0.717) is 0 Å². The van der Waals surface area contributed by atoms with E-state index in [9.17, 15) is 0 Å². The Bertz CT molecular complexity index is 3470. The molecule has 0 saturated heterocycles. The van der Waals surface area contributed by atoms with Gasteiger partial charge in [0.25, 0.3) is 0 Å². The fourth-order valence-corrected chi connectivity index (χ4v) is 10.1. The van der Waals surface area contributed by atoms with E-state index >= 15 is 0 Å². The second-order valence-electron chi connectivity index (χ2n) is 16.9. The quantitative estimate of drug-likeness (QED) is 0.156. The van der Waals surface area contributed by atoms with E-state index in [1.165, 1.54) is 60.5 Å². The minimum absolute atomic E-state index is 0.112. The first-order chi connectivity index (χ1) is 30.0. The van der Waals surface area contributed by atoms with Gasteiger partial charge in [-0.25, -0.2) is 0 Å². The fourth-order valence-electron chi connectivity index (χ4n) is 10.1. The van der Waals surface area contributed by atoms with Crippen LogP contribution in [0.5, 0.6) is 0 Å². The van der Waals surface area contributed by atoms with Gasteiger partial charge in [0.15, 0.2) is 0 Å². The zero-order chi connectivity index (χ0) is 40.7. The SMILES string of the molecule is CC1(C)c2ccccc2-c2ccc(N(c3ccc(-c4ccccc4)cc3)c3ccc(-c4cc(-c5ccccc5)c5c(c4)oc4c6ccccc6c6ccccc6c45)cc3)cc21. The van der Waals surface area contributed by atoms with E-state index in [0.717, 1.165) is 55.7 Å². The van der Waals surface area contributed by atoms with Crippen LogP contribution in [-0.2, 0) is 5.41 Å². The summed E-state index contributed by atoms with van der Waals surface area (Å²) in [5.74, 6) is 0. The molecular weight excluding hydrogens is 739 g/mol. The highest BCUT2D eigenvalue weighted by Crippen LogP contribution is 2.51. The molecule has 0 unspecified atom stereocenters. The number of furan rings is 1. The highest BCUT2D eigenvalue weighted by Gasteiger charge is 2.35. The van der Waals surface area contributed by atoms with Crippen molar-refractivity contribution in [3.05, 3.63) is 223 Å². The van der Waals surface area contributed by atoms with Gasteiger partial charge in [0.2, 0.25) is 0 Å². The van der Waals surface area contributed by atoms with Crippen molar-refractivity contribution in [3.8, 4) is 44.5 Å². The molecule has 1 heterocycles. The molecule has 1 aliphatic rings. The molecule has 0 bridgehead atoms. The molecule has 0 fully saturated rings.